The van der Waals surface area contributed by atoms with Crippen LogP contribution in [0.4, 0.5) is 0 Å². The Morgan fingerprint density at radius 1 is 1.62 bits per heavy atom. The monoisotopic (exact) mass is 189 g/mol. The van der Waals surface area contributed by atoms with E-state index in [1.165, 1.54) is 4.90 Å². The first-order valence-corrected chi connectivity index (χ1v) is 4.00. The molecular formula is C7H15N3O3. The van der Waals surface area contributed by atoms with Gasteiger partial charge in [0.15, 0.2) is 0 Å². The van der Waals surface area contributed by atoms with Crippen molar-refractivity contribution in [2.45, 2.75) is 13.3 Å². The van der Waals surface area contributed by atoms with Gasteiger partial charge in [0.1, 0.15) is 5.84 Å². The van der Waals surface area contributed by atoms with Gasteiger partial charge in [0.05, 0.1) is 13.0 Å². The highest BCUT2D eigenvalue weighted by atomic mass is 16.4. The first-order chi connectivity index (χ1) is 6.15. The van der Waals surface area contributed by atoms with Crippen molar-refractivity contribution < 1.29 is 15.1 Å². The molecule has 0 aliphatic carbocycles. The minimum atomic E-state index is -0.258. The number of amides is 1. The normalized spacial score (nSPS) is 11.4. The molecule has 0 fully saturated rings. The molecule has 4 N–H and O–H groups in total. The first-order valence-electron chi connectivity index (χ1n) is 4.00. The summed E-state index contributed by atoms with van der Waals surface area (Å²) in [6.07, 6.45) is -0.121. The van der Waals surface area contributed by atoms with Gasteiger partial charge in [-0.05, 0) is 6.92 Å². The summed E-state index contributed by atoms with van der Waals surface area (Å²) < 4.78 is 0. The average molecular weight is 189 g/mol. The zero-order valence-corrected chi connectivity index (χ0v) is 7.60. The number of rotatable bonds is 5. The van der Waals surface area contributed by atoms with Crippen LogP contribution < -0.4 is 5.73 Å². The van der Waals surface area contributed by atoms with E-state index in [0.29, 0.717) is 6.54 Å². The third kappa shape index (κ3) is 4.32. The molecule has 0 atom stereocenters. The van der Waals surface area contributed by atoms with E-state index in [1.54, 1.807) is 6.92 Å². The average Bonchev–Trinajstić information content (AvgIpc) is 2.13. The third-order valence-electron chi connectivity index (χ3n) is 1.57. The maximum atomic E-state index is 11.3. The number of oxime groups is 1. The molecule has 0 aliphatic heterocycles. The topological polar surface area (TPSA) is 99.2 Å². The SMILES string of the molecule is CCN(CCO)C(=O)C/C(N)=N/O. The Morgan fingerprint density at radius 3 is 2.62 bits per heavy atom. The van der Waals surface area contributed by atoms with E-state index in [-0.39, 0.29) is 31.3 Å². The number of hydrogen-bond acceptors (Lipinski definition) is 4. The molecule has 0 aromatic rings. The second-order valence-corrected chi connectivity index (χ2v) is 2.47. The van der Waals surface area contributed by atoms with Gasteiger partial charge in [-0.2, -0.15) is 0 Å². The molecule has 13 heavy (non-hydrogen) atoms. The highest BCUT2D eigenvalue weighted by Gasteiger charge is 2.12. The summed E-state index contributed by atoms with van der Waals surface area (Å²) in [5, 5.41) is 19.5. The van der Waals surface area contributed by atoms with Crippen LogP contribution in [0.1, 0.15) is 13.3 Å². The highest BCUT2D eigenvalue weighted by molar-refractivity contribution is 5.98. The van der Waals surface area contributed by atoms with E-state index in [2.05, 4.69) is 5.16 Å². The maximum absolute atomic E-state index is 11.3. The Labute approximate surface area is 76.6 Å². The quantitative estimate of drug-likeness (QED) is 0.223. The molecule has 0 aromatic heterocycles. The Morgan fingerprint density at radius 2 is 2.23 bits per heavy atom. The zero-order valence-electron chi connectivity index (χ0n) is 7.60. The van der Waals surface area contributed by atoms with Crippen molar-refractivity contribution in [2.75, 3.05) is 19.7 Å². The summed E-state index contributed by atoms with van der Waals surface area (Å²) in [6, 6.07) is 0. The zero-order chi connectivity index (χ0) is 10.3. The van der Waals surface area contributed by atoms with Crippen molar-refractivity contribution in [3.05, 3.63) is 0 Å². The van der Waals surface area contributed by atoms with Crippen LogP contribution in [-0.4, -0.2) is 46.7 Å². The number of aliphatic hydroxyl groups is 1. The number of likely N-dealkylation sites (N-methyl/N-ethyl adjacent to an activating group) is 1. The lowest BCUT2D eigenvalue weighted by atomic mass is 10.3. The minimum absolute atomic E-state index is 0.0875. The smallest absolute Gasteiger partial charge is 0.230 e. The Hall–Kier alpha value is -1.30. The number of carbonyl (C=O) groups excluding carboxylic acids is 1. The third-order valence-corrected chi connectivity index (χ3v) is 1.57. The largest absolute Gasteiger partial charge is 0.409 e. The van der Waals surface area contributed by atoms with E-state index in [4.69, 9.17) is 16.0 Å². The van der Waals surface area contributed by atoms with E-state index < -0.39 is 0 Å². The summed E-state index contributed by atoms with van der Waals surface area (Å²) in [6.45, 7) is 2.47. The van der Waals surface area contributed by atoms with Crippen molar-refractivity contribution in [1.82, 2.24) is 4.90 Å². The lowest BCUT2D eigenvalue weighted by Gasteiger charge is -2.18. The van der Waals surface area contributed by atoms with Crippen LogP contribution in [0.5, 0.6) is 0 Å². The van der Waals surface area contributed by atoms with Crippen molar-refractivity contribution in [3.8, 4) is 0 Å². The molecule has 6 nitrogen and oxygen atoms in total. The van der Waals surface area contributed by atoms with Crippen LogP contribution in [0.3, 0.4) is 0 Å². The molecular weight excluding hydrogens is 174 g/mol. The second kappa shape index (κ2) is 6.24. The van der Waals surface area contributed by atoms with Gasteiger partial charge in [0, 0.05) is 13.1 Å². The molecule has 0 saturated carbocycles. The summed E-state index contributed by atoms with van der Waals surface area (Å²) in [5.41, 5.74) is 5.15. The Bertz CT molecular complexity index is 193. The van der Waals surface area contributed by atoms with Gasteiger partial charge >= 0.3 is 0 Å². The predicted molar refractivity (Wildman–Crippen MR) is 47.4 cm³/mol. The molecule has 0 saturated heterocycles. The molecule has 0 unspecified atom stereocenters. The van der Waals surface area contributed by atoms with Crippen LogP contribution in [0, 0.1) is 0 Å². The van der Waals surface area contributed by atoms with Gasteiger partial charge in [-0.3, -0.25) is 4.79 Å². The van der Waals surface area contributed by atoms with Crippen LogP contribution in [0.25, 0.3) is 0 Å². The molecule has 0 spiro atoms. The summed E-state index contributed by atoms with van der Waals surface area (Å²) in [4.78, 5) is 12.7. The molecule has 0 bridgehead atoms. The fraction of sp³-hybridized carbons (Fsp3) is 0.714. The van der Waals surface area contributed by atoms with Crippen molar-refractivity contribution in [1.29, 1.82) is 0 Å². The summed E-state index contributed by atoms with van der Waals surface area (Å²) >= 11 is 0. The molecule has 0 radical (unpaired) electrons. The lowest BCUT2D eigenvalue weighted by molar-refractivity contribution is -0.130. The van der Waals surface area contributed by atoms with E-state index >= 15 is 0 Å². The fourth-order valence-corrected chi connectivity index (χ4v) is 0.882. The van der Waals surface area contributed by atoms with E-state index in [0.717, 1.165) is 0 Å². The van der Waals surface area contributed by atoms with Gasteiger partial charge < -0.3 is 20.9 Å². The van der Waals surface area contributed by atoms with Crippen LogP contribution in [0.2, 0.25) is 0 Å². The number of carbonyl (C=O) groups is 1. The van der Waals surface area contributed by atoms with Gasteiger partial charge in [-0.25, -0.2) is 0 Å². The molecule has 0 aromatic carbocycles. The lowest BCUT2D eigenvalue weighted by Crippen LogP contribution is -2.35. The van der Waals surface area contributed by atoms with Gasteiger partial charge in [0.25, 0.3) is 0 Å². The van der Waals surface area contributed by atoms with Crippen molar-refractivity contribution in [3.63, 3.8) is 0 Å². The first kappa shape index (κ1) is 11.7. The van der Waals surface area contributed by atoms with Gasteiger partial charge in [-0.1, -0.05) is 5.16 Å². The Kier molecular flexibility index (Phi) is 5.62. The molecule has 0 rings (SSSR count). The number of hydrogen-bond donors (Lipinski definition) is 3. The van der Waals surface area contributed by atoms with Crippen molar-refractivity contribution in [2.24, 2.45) is 10.9 Å². The second-order valence-electron chi connectivity index (χ2n) is 2.47. The number of nitrogens with zero attached hydrogens (tertiary/aromatic N) is 2. The van der Waals surface area contributed by atoms with Crippen LogP contribution in [-0.2, 0) is 4.79 Å². The molecule has 6 heteroatoms. The number of amidine groups is 1. The van der Waals surface area contributed by atoms with Gasteiger partial charge in [-0.15, -0.1) is 0 Å². The maximum Gasteiger partial charge on any atom is 0.230 e. The molecule has 1 amide bonds. The summed E-state index contributed by atoms with van der Waals surface area (Å²) in [5.74, 6) is -0.381. The summed E-state index contributed by atoms with van der Waals surface area (Å²) in [7, 11) is 0. The molecule has 0 aliphatic rings. The number of nitrogens with two attached hydrogens (primary N) is 1. The molecule has 76 valence electrons. The van der Waals surface area contributed by atoms with E-state index in [1.807, 2.05) is 0 Å². The standard InChI is InChI=1S/C7H15N3O3/c1-2-10(3-4-11)7(12)5-6(8)9-13/h11,13H,2-5H2,1H3,(H2,8,9). The Balaban J connectivity index is 4.05. The van der Waals surface area contributed by atoms with Crippen LogP contribution in [0.15, 0.2) is 5.16 Å². The highest BCUT2D eigenvalue weighted by Crippen LogP contribution is 1.93. The fourth-order valence-electron chi connectivity index (χ4n) is 0.882. The minimum Gasteiger partial charge on any atom is -0.409 e. The van der Waals surface area contributed by atoms with Gasteiger partial charge in [0.2, 0.25) is 5.91 Å². The van der Waals surface area contributed by atoms with E-state index in [9.17, 15) is 4.79 Å². The molecule has 0 heterocycles. The predicted octanol–water partition coefficient (Wildman–Crippen LogP) is -1.04. The van der Waals surface area contributed by atoms with Crippen molar-refractivity contribution >= 4 is 11.7 Å². The number of aliphatic hydroxyl groups excluding tert-OH is 1. The van der Waals surface area contributed by atoms with Crippen LogP contribution >= 0.6 is 0 Å².